The molecular weight excluding hydrogens is 467 g/mol. The topological polar surface area (TPSA) is 84.7 Å². The summed E-state index contributed by atoms with van der Waals surface area (Å²) in [5, 5.41) is 8.05. The second-order valence-corrected chi connectivity index (χ2v) is 11.3. The predicted octanol–water partition coefficient (Wildman–Crippen LogP) is 3.83. The first-order valence-electron chi connectivity index (χ1n) is 12.0. The molecule has 9 heteroatoms. The maximum absolute atomic E-state index is 15.2. The number of rotatable bonds is 6. The molecule has 1 amide bonds. The van der Waals surface area contributed by atoms with E-state index >= 15 is 4.39 Å². The van der Waals surface area contributed by atoms with Gasteiger partial charge in [-0.2, -0.15) is 9.57 Å². The average molecular weight is 499 g/mol. The average Bonchev–Trinajstić information content (AvgIpc) is 2.86. The zero-order chi connectivity index (χ0) is 25.0. The minimum absolute atomic E-state index is 0.000118. The molecule has 0 bridgehead atoms. The summed E-state index contributed by atoms with van der Waals surface area (Å²) in [6.07, 6.45) is 1.71. The van der Waals surface area contributed by atoms with Gasteiger partial charge < -0.3 is 9.80 Å². The molecule has 2 aliphatic rings. The summed E-state index contributed by atoms with van der Waals surface area (Å²) in [7, 11) is -3.63. The molecule has 0 aromatic heterocycles. The molecule has 2 aromatic rings. The number of anilines is 1. The third kappa shape index (κ3) is 5.49. The van der Waals surface area contributed by atoms with Crippen LogP contribution in [0.3, 0.4) is 0 Å². The molecule has 0 spiro atoms. The van der Waals surface area contributed by atoms with E-state index in [1.165, 1.54) is 10.4 Å². The fourth-order valence-corrected chi connectivity index (χ4v) is 7.10. The largest absolute Gasteiger partial charge is 0.368 e. The number of benzene rings is 2. The highest BCUT2D eigenvalue weighted by molar-refractivity contribution is 7.89. The quantitative estimate of drug-likeness (QED) is 0.604. The van der Waals surface area contributed by atoms with Gasteiger partial charge in [0.15, 0.2) is 0 Å². The molecule has 4 rings (SSSR count). The number of carbonyl (C=O) groups excluding carboxylic acids is 1. The lowest BCUT2D eigenvalue weighted by atomic mass is 10.0. The fraction of sp³-hybridized carbons (Fsp3) is 0.462. The van der Waals surface area contributed by atoms with E-state index < -0.39 is 21.1 Å². The summed E-state index contributed by atoms with van der Waals surface area (Å²) in [6.45, 7) is 4.08. The smallest absolute Gasteiger partial charge is 0.223 e. The third-order valence-electron chi connectivity index (χ3n) is 7.01. The molecule has 1 unspecified atom stereocenters. The van der Waals surface area contributed by atoms with Gasteiger partial charge in [-0.3, -0.25) is 4.79 Å². The highest BCUT2D eigenvalue weighted by Gasteiger charge is 2.40. The van der Waals surface area contributed by atoms with Gasteiger partial charge in [0.25, 0.3) is 0 Å². The van der Waals surface area contributed by atoms with Crippen LogP contribution in [0.15, 0.2) is 48.5 Å². The number of carbonyl (C=O) groups is 1. The number of hydrogen-bond acceptors (Lipinski definition) is 5. The Hall–Kier alpha value is -2.96. The highest BCUT2D eigenvalue weighted by atomic mass is 32.2. The SMILES string of the molecule is C[C@H]1CCC(c2ccccc2)S(=O)(=O)N1Cc1ccc(N2CCN(C(=O)CCC#N)CC2)cc1F. The first kappa shape index (κ1) is 25.1. The molecule has 2 atom stereocenters. The first-order chi connectivity index (χ1) is 16.8. The number of piperazine rings is 1. The Morgan fingerprint density at radius 1 is 1.09 bits per heavy atom. The molecule has 0 N–H and O–H groups in total. The van der Waals surface area contributed by atoms with Gasteiger partial charge in [0, 0.05) is 62.9 Å². The molecule has 7 nitrogen and oxygen atoms in total. The monoisotopic (exact) mass is 498 g/mol. The summed E-state index contributed by atoms with van der Waals surface area (Å²) in [5.41, 5.74) is 1.83. The second-order valence-electron chi connectivity index (χ2n) is 9.22. The maximum Gasteiger partial charge on any atom is 0.223 e. The van der Waals surface area contributed by atoms with Crippen molar-refractivity contribution in [1.82, 2.24) is 9.21 Å². The van der Waals surface area contributed by atoms with Crippen LogP contribution in [0.25, 0.3) is 0 Å². The van der Waals surface area contributed by atoms with E-state index in [4.69, 9.17) is 5.26 Å². The van der Waals surface area contributed by atoms with Crippen molar-refractivity contribution in [2.45, 2.75) is 50.4 Å². The number of nitrogens with zero attached hydrogens (tertiary/aromatic N) is 4. The van der Waals surface area contributed by atoms with Crippen LogP contribution in [0.4, 0.5) is 10.1 Å². The Kier molecular flexibility index (Phi) is 7.72. The van der Waals surface area contributed by atoms with Crippen LogP contribution < -0.4 is 4.90 Å². The lowest BCUT2D eigenvalue weighted by Gasteiger charge is -2.38. The molecule has 0 aliphatic carbocycles. The Labute approximate surface area is 206 Å². The van der Waals surface area contributed by atoms with Gasteiger partial charge in [-0.1, -0.05) is 36.4 Å². The number of amides is 1. The Morgan fingerprint density at radius 2 is 1.80 bits per heavy atom. The molecule has 2 aliphatic heterocycles. The standard InChI is InChI=1S/C26H31FN4O3S/c1-20-9-12-25(21-6-3-2-4-7-21)35(33,34)31(20)19-22-10-11-23(18-24(22)27)29-14-16-30(17-15-29)26(32)8-5-13-28/h2-4,6-7,10-11,18,20,25H,5,8-9,12,14-17,19H2,1H3/t20-,25?/m0/s1. The molecule has 0 radical (unpaired) electrons. The van der Waals surface area contributed by atoms with E-state index in [0.717, 1.165) is 12.0 Å². The van der Waals surface area contributed by atoms with Crippen molar-refractivity contribution >= 4 is 21.6 Å². The summed E-state index contributed by atoms with van der Waals surface area (Å²) in [5.74, 6) is -0.461. The molecule has 2 fully saturated rings. The van der Waals surface area contributed by atoms with E-state index in [1.54, 1.807) is 11.0 Å². The van der Waals surface area contributed by atoms with Crippen LogP contribution in [-0.2, 0) is 21.4 Å². The van der Waals surface area contributed by atoms with Crippen molar-refractivity contribution in [2.75, 3.05) is 31.1 Å². The van der Waals surface area contributed by atoms with Gasteiger partial charge >= 0.3 is 0 Å². The van der Waals surface area contributed by atoms with Crippen molar-refractivity contribution in [3.63, 3.8) is 0 Å². The number of halogens is 1. The molecule has 2 aromatic carbocycles. The van der Waals surface area contributed by atoms with Crippen molar-refractivity contribution < 1.29 is 17.6 Å². The van der Waals surface area contributed by atoms with Crippen LogP contribution in [0.5, 0.6) is 0 Å². The van der Waals surface area contributed by atoms with Gasteiger partial charge in [-0.15, -0.1) is 0 Å². The lowest BCUT2D eigenvalue weighted by molar-refractivity contribution is -0.131. The molecule has 0 saturated carbocycles. The Balaban J connectivity index is 1.44. The van der Waals surface area contributed by atoms with E-state index in [1.807, 2.05) is 54.3 Å². The zero-order valence-electron chi connectivity index (χ0n) is 19.9. The molecule has 2 heterocycles. The number of sulfonamides is 1. The van der Waals surface area contributed by atoms with Gasteiger partial charge in [0.1, 0.15) is 11.1 Å². The van der Waals surface area contributed by atoms with Crippen molar-refractivity contribution in [2.24, 2.45) is 0 Å². The van der Waals surface area contributed by atoms with Crippen LogP contribution in [0.2, 0.25) is 0 Å². The molecule has 186 valence electrons. The molecular formula is C26H31FN4O3S. The number of hydrogen-bond donors (Lipinski definition) is 0. The third-order valence-corrected chi connectivity index (χ3v) is 9.38. The van der Waals surface area contributed by atoms with E-state index in [9.17, 15) is 13.2 Å². The van der Waals surface area contributed by atoms with E-state index in [0.29, 0.717) is 43.9 Å². The van der Waals surface area contributed by atoms with Gasteiger partial charge in [-0.05, 0) is 37.5 Å². The van der Waals surface area contributed by atoms with Crippen molar-refractivity contribution in [3.8, 4) is 6.07 Å². The molecule has 2 saturated heterocycles. The summed E-state index contributed by atoms with van der Waals surface area (Å²) in [4.78, 5) is 15.9. The van der Waals surface area contributed by atoms with Gasteiger partial charge in [0.05, 0.1) is 6.07 Å². The van der Waals surface area contributed by atoms with Crippen molar-refractivity contribution in [3.05, 3.63) is 65.5 Å². The van der Waals surface area contributed by atoms with Crippen LogP contribution in [0.1, 0.15) is 49.0 Å². The van der Waals surface area contributed by atoms with Crippen molar-refractivity contribution in [1.29, 1.82) is 5.26 Å². The second kappa shape index (κ2) is 10.8. The fourth-order valence-electron chi connectivity index (χ4n) is 4.92. The normalized spacial score (nSPS) is 22.5. The van der Waals surface area contributed by atoms with Gasteiger partial charge in [0.2, 0.25) is 15.9 Å². The van der Waals surface area contributed by atoms with E-state index in [2.05, 4.69) is 0 Å². The Morgan fingerprint density at radius 3 is 2.46 bits per heavy atom. The number of nitriles is 1. The predicted molar refractivity (Wildman–Crippen MR) is 132 cm³/mol. The van der Waals surface area contributed by atoms with Gasteiger partial charge in [-0.25, -0.2) is 12.8 Å². The zero-order valence-corrected chi connectivity index (χ0v) is 20.8. The van der Waals surface area contributed by atoms with Crippen LogP contribution in [0, 0.1) is 17.1 Å². The first-order valence-corrected chi connectivity index (χ1v) is 13.5. The Bertz CT molecular complexity index is 1190. The van der Waals surface area contributed by atoms with E-state index in [-0.39, 0.29) is 31.3 Å². The minimum Gasteiger partial charge on any atom is -0.368 e. The molecule has 35 heavy (non-hydrogen) atoms. The lowest BCUT2D eigenvalue weighted by Crippen LogP contribution is -2.48. The minimum atomic E-state index is -3.63. The summed E-state index contributed by atoms with van der Waals surface area (Å²) in [6, 6.07) is 16.0. The van der Waals surface area contributed by atoms with Crippen LogP contribution >= 0.6 is 0 Å². The summed E-state index contributed by atoms with van der Waals surface area (Å²) >= 11 is 0. The summed E-state index contributed by atoms with van der Waals surface area (Å²) < 4.78 is 43.5. The highest BCUT2D eigenvalue weighted by Crippen LogP contribution is 2.38. The maximum atomic E-state index is 15.2. The van der Waals surface area contributed by atoms with Crippen LogP contribution in [-0.4, -0.2) is 55.8 Å².